The molecule has 0 bridgehead atoms. The van der Waals surface area contributed by atoms with Crippen molar-refractivity contribution in [1.82, 2.24) is 9.38 Å². The zero-order valence-electron chi connectivity index (χ0n) is 12.0. The summed E-state index contributed by atoms with van der Waals surface area (Å²) in [6, 6.07) is 11.6. The lowest BCUT2D eigenvalue weighted by Gasteiger charge is -2.00. The highest BCUT2D eigenvalue weighted by Gasteiger charge is 2.08. The van der Waals surface area contributed by atoms with E-state index in [1.165, 1.54) is 5.56 Å². The van der Waals surface area contributed by atoms with Gasteiger partial charge in [0, 0.05) is 6.20 Å². The Balaban J connectivity index is 2.03. The molecule has 0 aliphatic carbocycles. The molecule has 0 aliphatic heterocycles. The van der Waals surface area contributed by atoms with Crippen LogP contribution in [0.5, 0.6) is 0 Å². The maximum Gasteiger partial charge on any atom is 0.182 e. The highest BCUT2D eigenvalue weighted by Crippen LogP contribution is 2.24. The van der Waals surface area contributed by atoms with Crippen molar-refractivity contribution in [3.05, 3.63) is 59.4 Å². The second-order valence-corrected chi connectivity index (χ2v) is 4.98. The van der Waals surface area contributed by atoms with E-state index in [4.69, 9.17) is 0 Å². The van der Waals surface area contributed by atoms with E-state index in [0.29, 0.717) is 5.82 Å². The fourth-order valence-electron chi connectivity index (χ4n) is 2.12. The third-order valence-corrected chi connectivity index (χ3v) is 3.30. The molecule has 1 aromatic carbocycles. The van der Waals surface area contributed by atoms with Crippen molar-refractivity contribution in [3.63, 3.8) is 0 Å². The van der Waals surface area contributed by atoms with E-state index in [1.54, 1.807) is 0 Å². The minimum Gasteiger partial charge on any atom is -0.392 e. The van der Waals surface area contributed by atoms with Gasteiger partial charge in [-0.3, -0.25) is 4.40 Å². The van der Waals surface area contributed by atoms with E-state index in [9.17, 15) is 5.11 Å². The molecule has 5 heteroatoms. The molecule has 106 valence electrons. The van der Waals surface area contributed by atoms with Crippen LogP contribution in [-0.4, -0.2) is 14.5 Å². The summed E-state index contributed by atoms with van der Waals surface area (Å²) in [4.78, 5) is 4.44. The van der Waals surface area contributed by atoms with E-state index in [0.717, 1.165) is 22.6 Å². The first-order chi connectivity index (χ1) is 10.2. The van der Waals surface area contributed by atoms with Gasteiger partial charge in [0.2, 0.25) is 0 Å². The topological polar surface area (TPSA) is 62.2 Å². The lowest BCUT2D eigenvalue weighted by molar-refractivity contribution is 0.281. The summed E-state index contributed by atoms with van der Waals surface area (Å²) in [7, 11) is 0. The summed E-state index contributed by atoms with van der Waals surface area (Å²) < 4.78 is 1.85. The van der Waals surface area contributed by atoms with E-state index in [1.807, 2.05) is 60.8 Å². The number of pyridine rings is 1. The smallest absolute Gasteiger partial charge is 0.182 e. The summed E-state index contributed by atoms with van der Waals surface area (Å²) in [6.45, 7) is 3.92. The highest BCUT2D eigenvalue weighted by atomic mass is 16.3. The Labute approximate surface area is 122 Å². The fraction of sp³-hybridized carbons (Fsp3) is 0.188. The summed E-state index contributed by atoms with van der Waals surface area (Å²) in [5, 5.41) is 17.8. The number of fused-ring (bicyclic) bond motifs is 1. The van der Waals surface area contributed by atoms with Crippen molar-refractivity contribution < 1.29 is 5.11 Å². The average Bonchev–Trinajstić information content (AvgIpc) is 2.81. The van der Waals surface area contributed by atoms with Crippen LogP contribution in [0, 0.1) is 13.8 Å². The van der Waals surface area contributed by atoms with Gasteiger partial charge in [0.05, 0.1) is 18.0 Å². The Morgan fingerprint density at radius 3 is 2.52 bits per heavy atom. The first-order valence-electron chi connectivity index (χ1n) is 6.74. The number of imidazole rings is 1. The molecule has 2 heterocycles. The van der Waals surface area contributed by atoms with Crippen molar-refractivity contribution >= 4 is 17.2 Å². The number of hydrogen-bond acceptors (Lipinski definition) is 4. The van der Waals surface area contributed by atoms with E-state index >= 15 is 0 Å². The Morgan fingerprint density at radius 2 is 1.81 bits per heavy atom. The van der Waals surface area contributed by atoms with Crippen LogP contribution in [0.3, 0.4) is 0 Å². The third-order valence-electron chi connectivity index (χ3n) is 3.30. The molecule has 5 nitrogen and oxygen atoms in total. The number of nitrogens with zero attached hydrogens (tertiary/aromatic N) is 4. The van der Waals surface area contributed by atoms with Crippen molar-refractivity contribution in [2.24, 2.45) is 10.2 Å². The second kappa shape index (κ2) is 5.46. The number of aryl methyl sites for hydroxylation is 2. The molecule has 3 aromatic rings. The molecule has 0 atom stereocenters. The van der Waals surface area contributed by atoms with Crippen molar-refractivity contribution in [2.75, 3.05) is 0 Å². The monoisotopic (exact) mass is 280 g/mol. The average molecular weight is 280 g/mol. The molecule has 0 spiro atoms. The van der Waals surface area contributed by atoms with Gasteiger partial charge in [-0.25, -0.2) is 4.98 Å². The molecular formula is C16H16N4O. The lowest BCUT2D eigenvalue weighted by Crippen LogP contribution is -1.89. The first-order valence-corrected chi connectivity index (χ1v) is 6.74. The first kappa shape index (κ1) is 13.5. The zero-order chi connectivity index (χ0) is 14.8. The number of azo groups is 1. The lowest BCUT2D eigenvalue weighted by atomic mass is 10.2. The van der Waals surface area contributed by atoms with Gasteiger partial charge >= 0.3 is 0 Å². The second-order valence-electron chi connectivity index (χ2n) is 4.98. The third kappa shape index (κ3) is 2.68. The van der Waals surface area contributed by atoms with Crippen LogP contribution < -0.4 is 0 Å². The van der Waals surface area contributed by atoms with Gasteiger partial charge in [0.15, 0.2) is 5.82 Å². The predicted molar refractivity (Wildman–Crippen MR) is 81.2 cm³/mol. The van der Waals surface area contributed by atoms with Gasteiger partial charge in [0.25, 0.3) is 0 Å². The van der Waals surface area contributed by atoms with Crippen LogP contribution in [0.2, 0.25) is 0 Å². The molecule has 0 saturated heterocycles. The quantitative estimate of drug-likeness (QED) is 0.740. The number of rotatable bonds is 3. The van der Waals surface area contributed by atoms with Crippen LogP contribution in [-0.2, 0) is 6.61 Å². The molecule has 0 radical (unpaired) electrons. The molecule has 2 aromatic heterocycles. The number of aromatic nitrogens is 2. The number of hydrogen-bond donors (Lipinski definition) is 1. The van der Waals surface area contributed by atoms with Gasteiger partial charge in [-0.15, -0.1) is 10.2 Å². The standard InChI is InChI=1S/C16H16N4O/c1-11-3-6-14(7-4-11)18-19-16-12(2)17-15-8-5-13(10-21)9-20(15)16/h3-9,21H,10H2,1-2H3. The van der Waals surface area contributed by atoms with Crippen LogP contribution in [0.1, 0.15) is 16.8 Å². The Bertz CT molecular complexity index is 803. The van der Waals surface area contributed by atoms with E-state index in [2.05, 4.69) is 15.2 Å². The number of benzene rings is 1. The zero-order valence-corrected chi connectivity index (χ0v) is 12.0. The van der Waals surface area contributed by atoms with Crippen molar-refractivity contribution in [2.45, 2.75) is 20.5 Å². The molecule has 3 rings (SSSR count). The molecule has 0 unspecified atom stereocenters. The minimum atomic E-state index is -0.0122. The minimum absolute atomic E-state index is 0.0122. The maximum absolute atomic E-state index is 9.24. The molecule has 0 amide bonds. The molecule has 0 saturated carbocycles. The van der Waals surface area contributed by atoms with E-state index < -0.39 is 0 Å². The maximum atomic E-state index is 9.24. The van der Waals surface area contributed by atoms with Gasteiger partial charge in [-0.1, -0.05) is 23.8 Å². The van der Waals surface area contributed by atoms with Crippen molar-refractivity contribution in [1.29, 1.82) is 0 Å². The molecule has 0 fully saturated rings. The van der Waals surface area contributed by atoms with Gasteiger partial charge in [-0.05, 0) is 37.6 Å². The Kier molecular flexibility index (Phi) is 3.50. The molecule has 0 aliphatic rings. The Morgan fingerprint density at radius 1 is 1.05 bits per heavy atom. The summed E-state index contributed by atoms with van der Waals surface area (Å²) >= 11 is 0. The summed E-state index contributed by atoms with van der Waals surface area (Å²) in [5.41, 5.74) is 4.40. The van der Waals surface area contributed by atoms with Crippen LogP contribution in [0.25, 0.3) is 5.65 Å². The number of aliphatic hydroxyl groups excluding tert-OH is 1. The normalized spacial score (nSPS) is 11.6. The van der Waals surface area contributed by atoms with Gasteiger partial charge in [0.1, 0.15) is 5.65 Å². The summed E-state index contributed by atoms with van der Waals surface area (Å²) in [5.74, 6) is 0.681. The number of aliphatic hydroxyl groups is 1. The van der Waals surface area contributed by atoms with Gasteiger partial charge in [-0.2, -0.15) is 0 Å². The van der Waals surface area contributed by atoms with Crippen LogP contribution in [0.4, 0.5) is 11.5 Å². The molecule has 1 N–H and O–H groups in total. The van der Waals surface area contributed by atoms with Gasteiger partial charge < -0.3 is 5.11 Å². The van der Waals surface area contributed by atoms with Crippen molar-refractivity contribution in [3.8, 4) is 0 Å². The predicted octanol–water partition coefficient (Wildman–Crippen LogP) is 3.86. The molecular weight excluding hydrogens is 264 g/mol. The largest absolute Gasteiger partial charge is 0.392 e. The Hall–Kier alpha value is -2.53. The molecule has 21 heavy (non-hydrogen) atoms. The highest BCUT2D eigenvalue weighted by molar-refractivity contribution is 5.52. The van der Waals surface area contributed by atoms with Crippen LogP contribution >= 0.6 is 0 Å². The summed E-state index contributed by atoms with van der Waals surface area (Å²) in [6.07, 6.45) is 1.83. The van der Waals surface area contributed by atoms with E-state index in [-0.39, 0.29) is 6.61 Å². The fourth-order valence-corrected chi connectivity index (χ4v) is 2.12. The van der Waals surface area contributed by atoms with Crippen LogP contribution in [0.15, 0.2) is 52.8 Å². The SMILES string of the molecule is Cc1ccc(N=Nc2c(C)nc3ccc(CO)cn23)cc1.